The van der Waals surface area contributed by atoms with E-state index in [0.717, 1.165) is 12.3 Å². The van der Waals surface area contributed by atoms with Gasteiger partial charge in [-0.05, 0) is 19.4 Å². The van der Waals surface area contributed by atoms with Crippen LogP contribution in [0.4, 0.5) is 5.69 Å². The van der Waals surface area contributed by atoms with Crippen molar-refractivity contribution in [3.63, 3.8) is 0 Å². The second kappa shape index (κ2) is 4.11. The van der Waals surface area contributed by atoms with Crippen LogP contribution in [0.15, 0.2) is 0 Å². The first-order valence-corrected chi connectivity index (χ1v) is 5.23. The molecule has 0 aromatic carbocycles. The van der Waals surface area contributed by atoms with Gasteiger partial charge in [0.25, 0.3) is 0 Å². The second-order valence-corrected chi connectivity index (χ2v) is 4.67. The van der Waals surface area contributed by atoms with E-state index in [1.54, 1.807) is 18.4 Å². The lowest BCUT2D eigenvalue weighted by Crippen LogP contribution is -2.01. The fraction of sp³-hybridized carbons (Fsp3) is 0.600. The number of hydrogen-bond donors (Lipinski definition) is 1. The number of rotatable bonds is 3. The highest BCUT2D eigenvalue weighted by atomic mass is 32.1. The maximum atomic E-state index is 5.91. The normalized spacial score (nSPS) is 13.2. The van der Waals surface area contributed by atoms with Gasteiger partial charge in [0.2, 0.25) is 0 Å². The van der Waals surface area contributed by atoms with Gasteiger partial charge in [-0.25, -0.2) is 0 Å². The van der Waals surface area contributed by atoms with E-state index in [9.17, 15) is 0 Å². The van der Waals surface area contributed by atoms with Crippen molar-refractivity contribution in [2.75, 3.05) is 19.5 Å². The third-order valence-electron chi connectivity index (χ3n) is 2.28. The highest BCUT2D eigenvalue weighted by Gasteiger charge is 2.14. The van der Waals surface area contributed by atoms with E-state index in [1.807, 2.05) is 0 Å². The Hall–Kier alpha value is -0.540. The molecule has 1 heterocycles. The third-order valence-corrected chi connectivity index (χ3v) is 3.73. The number of ether oxygens (including phenoxy) is 1. The Morgan fingerprint density at radius 3 is 2.46 bits per heavy atom. The fourth-order valence-corrected chi connectivity index (χ4v) is 2.61. The first kappa shape index (κ1) is 10.5. The summed E-state index contributed by atoms with van der Waals surface area (Å²) in [7, 11) is 1.73. The molecule has 2 N–H and O–H groups in total. The summed E-state index contributed by atoms with van der Waals surface area (Å²) in [6.07, 6.45) is 0. The van der Waals surface area contributed by atoms with Gasteiger partial charge >= 0.3 is 0 Å². The second-order valence-electron chi connectivity index (χ2n) is 3.42. The Morgan fingerprint density at radius 1 is 1.46 bits per heavy atom. The Labute approximate surface area is 83.7 Å². The fourth-order valence-electron chi connectivity index (χ4n) is 1.49. The van der Waals surface area contributed by atoms with Crippen LogP contribution in [-0.4, -0.2) is 13.7 Å². The number of methoxy groups -OCH3 is 1. The van der Waals surface area contributed by atoms with Crippen molar-refractivity contribution in [2.24, 2.45) is 0 Å². The number of hydrogen-bond acceptors (Lipinski definition) is 3. The van der Waals surface area contributed by atoms with E-state index in [2.05, 4.69) is 20.8 Å². The predicted octanol–water partition coefficient (Wildman–Crippen LogP) is 2.70. The average molecular weight is 199 g/mol. The highest BCUT2D eigenvalue weighted by Crippen LogP contribution is 2.34. The average Bonchev–Trinajstić information content (AvgIpc) is 2.33. The minimum absolute atomic E-state index is 0.450. The van der Waals surface area contributed by atoms with E-state index in [-0.39, 0.29) is 0 Å². The molecular formula is C10H17NOS. The highest BCUT2D eigenvalue weighted by molar-refractivity contribution is 7.12. The van der Waals surface area contributed by atoms with Gasteiger partial charge in [-0.1, -0.05) is 6.92 Å². The lowest BCUT2D eigenvalue weighted by atomic mass is 10.1. The molecule has 0 fully saturated rings. The Bertz CT molecular complexity index is 293. The summed E-state index contributed by atoms with van der Waals surface area (Å²) < 4.78 is 5.13. The number of aryl methyl sites for hydroxylation is 1. The maximum absolute atomic E-state index is 5.91. The largest absolute Gasteiger partial charge is 0.398 e. The molecule has 0 amide bonds. The molecule has 0 saturated heterocycles. The van der Waals surface area contributed by atoms with Gasteiger partial charge in [-0.2, -0.15) is 0 Å². The molecule has 1 rings (SSSR count). The van der Waals surface area contributed by atoms with Crippen LogP contribution in [-0.2, 0) is 4.74 Å². The summed E-state index contributed by atoms with van der Waals surface area (Å²) in [6, 6.07) is 0. The molecular weight excluding hydrogens is 182 g/mol. The van der Waals surface area contributed by atoms with Crippen LogP contribution >= 0.6 is 11.3 Å². The molecule has 1 aromatic heterocycles. The molecule has 0 saturated carbocycles. The van der Waals surface area contributed by atoms with E-state index in [1.165, 1.54) is 15.3 Å². The molecule has 1 aromatic rings. The molecule has 2 nitrogen and oxygen atoms in total. The van der Waals surface area contributed by atoms with Crippen molar-refractivity contribution < 1.29 is 4.74 Å². The van der Waals surface area contributed by atoms with Gasteiger partial charge in [0.05, 0.1) is 6.61 Å². The van der Waals surface area contributed by atoms with Crippen LogP contribution in [0.25, 0.3) is 0 Å². The molecule has 0 bridgehead atoms. The first-order chi connectivity index (χ1) is 6.07. The van der Waals surface area contributed by atoms with Crippen LogP contribution in [0.1, 0.15) is 28.2 Å². The number of thiophene rings is 1. The molecule has 1 atom stereocenters. The molecule has 0 aliphatic rings. The zero-order valence-electron chi connectivity index (χ0n) is 8.68. The van der Waals surface area contributed by atoms with Crippen molar-refractivity contribution >= 4 is 17.0 Å². The SMILES string of the molecule is COCC(C)c1sc(C)c(N)c1C. The molecule has 0 aliphatic heterocycles. The minimum Gasteiger partial charge on any atom is -0.398 e. The van der Waals surface area contributed by atoms with Gasteiger partial charge in [0.1, 0.15) is 0 Å². The van der Waals surface area contributed by atoms with Gasteiger partial charge in [0.15, 0.2) is 0 Å². The molecule has 0 radical (unpaired) electrons. The molecule has 13 heavy (non-hydrogen) atoms. The standard InChI is InChI=1S/C10H17NOS/c1-6(5-12-4)10-7(2)9(11)8(3)13-10/h6H,5,11H2,1-4H3. The summed E-state index contributed by atoms with van der Waals surface area (Å²) in [5.74, 6) is 0.450. The number of nitrogen functional groups attached to an aromatic ring is 1. The zero-order valence-corrected chi connectivity index (χ0v) is 9.49. The number of anilines is 1. The molecule has 1 unspecified atom stereocenters. The molecule has 0 spiro atoms. The quantitative estimate of drug-likeness (QED) is 0.812. The van der Waals surface area contributed by atoms with Gasteiger partial charge in [0, 0.05) is 28.5 Å². The smallest absolute Gasteiger partial charge is 0.0536 e. The van der Waals surface area contributed by atoms with Gasteiger partial charge in [-0.15, -0.1) is 11.3 Å². The lowest BCUT2D eigenvalue weighted by Gasteiger charge is -2.08. The molecule has 74 valence electrons. The minimum atomic E-state index is 0.450. The van der Waals surface area contributed by atoms with Gasteiger partial charge in [-0.3, -0.25) is 0 Å². The van der Waals surface area contributed by atoms with Crippen molar-refractivity contribution in [3.8, 4) is 0 Å². The summed E-state index contributed by atoms with van der Waals surface area (Å²) in [5.41, 5.74) is 8.08. The van der Waals surface area contributed by atoms with Crippen LogP contribution in [0.2, 0.25) is 0 Å². The Kier molecular flexibility index (Phi) is 3.33. The predicted molar refractivity (Wildman–Crippen MR) is 58.5 cm³/mol. The van der Waals surface area contributed by atoms with Crippen molar-refractivity contribution in [3.05, 3.63) is 15.3 Å². The topological polar surface area (TPSA) is 35.2 Å². The van der Waals surface area contributed by atoms with E-state index >= 15 is 0 Å². The zero-order chi connectivity index (χ0) is 10.0. The van der Waals surface area contributed by atoms with Crippen LogP contribution in [0.3, 0.4) is 0 Å². The van der Waals surface area contributed by atoms with E-state index in [4.69, 9.17) is 10.5 Å². The Balaban J connectivity index is 2.94. The van der Waals surface area contributed by atoms with Crippen LogP contribution in [0.5, 0.6) is 0 Å². The first-order valence-electron chi connectivity index (χ1n) is 4.42. The van der Waals surface area contributed by atoms with Gasteiger partial charge < -0.3 is 10.5 Å². The third kappa shape index (κ3) is 2.03. The van der Waals surface area contributed by atoms with Crippen molar-refractivity contribution in [1.29, 1.82) is 0 Å². The maximum Gasteiger partial charge on any atom is 0.0536 e. The summed E-state index contributed by atoms with van der Waals surface area (Å²) in [6.45, 7) is 7.08. The van der Waals surface area contributed by atoms with Crippen molar-refractivity contribution in [2.45, 2.75) is 26.7 Å². The lowest BCUT2D eigenvalue weighted by molar-refractivity contribution is 0.185. The Morgan fingerprint density at radius 2 is 2.08 bits per heavy atom. The molecule has 3 heteroatoms. The molecule has 0 aliphatic carbocycles. The van der Waals surface area contributed by atoms with E-state index in [0.29, 0.717) is 5.92 Å². The van der Waals surface area contributed by atoms with Crippen LogP contribution in [0, 0.1) is 13.8 Å². The van der Waals surface area contributed by atoms with E-state index < -0.39 is 0 Å². The van der Waals surface area contributed by atoms with Crippen molar-refractivity contribution in [1.82, 2.24) is 0 Å². The van der Waals surface area contributed by atoms with Crippen LogP contribution < -0.4 is 5.73 Å². The summed E-state index contributed by atoms with van der Waals surface area (Å²) in [4.78, 5) is 2.58. The monoisotopic (exact) mass is 199 g/mol. The number of nitrogens with two attached hydrogens (primary N) is 1. The summed E-state index contributed by atoms with van der Waals surface area (Å²) >= 11 is 1.78. The summed E-state index contributed by atoms with van der Waals surface area (Å²) in [5, 5.41) is 0.